The number of rotatable bonds is 3. The van der Waals surface area contributed by atoms with Crippen molar-refractivity contribution < 1.29 is 6.22 Å². The monoisotopic (exact) mass is 180 g/mol. The molecule has 0 radical (unpaired) electrons. The van der Waals surface area contributed by atoms with Crippen LogP contribution in [0.1, 0.15) is 20.8 Å². The summed E-state index contributed by atoms with van der Waals surface area (Å²) in [5.74, 6) is 0.112. The van der Waals surface area contributed by atoms with Crippen LogP contribution < -0.4 is 5.32 Å². The molecule has 1 aromatic rings. The first-order valence-electron chi connectivity index (χ1n) is 4.37. The van der Waals surface area contributed by atoms with E-state index in [1.807, 2.05) is 26.0 Å². The maximum Gasteiger partial charge on any atom is 0.222 e. The van der Waals surface area contributed by atoms with Gasteiger partial charge in [-0.15, -0.1) is 0 Å². The molecule has 1 aromatic heterocycles. The molecule has 0 aromatic carbocycles. The van der Waals surface area contributed by atoms with Gasteiger partial charge in [-0.05, 0) is 11.6 Å². The van der Waals surface area contributed by atoms with Crippen molar-refractivity contribution in [2.75, 3.05) is 0 Å². The smallest absolute Gasteiger partial charge is 0.222 e. The van der Waals surface area contributed by atoms with Crippen LogP contribution in [0.2, 0.25) is 0 Å². The van der Waals surface area contributed by atoms with E-state index in [1.165, 1.54) is 0 Å². The lowest BCUT2D eigenvalue weighted by Gasteiger charge is -2.06. The molecular formula is C10H16N2O. The average molecular weight is 180 g/mol. The number of pyridine rings is 1. The van der Waals surface area contributed by atoms with Gasteiger partial charge in [0.2, 0.25) is 5.91 Å². The second-order valence-corrected chi connectivity index (χ2v) is 3.23. The Morgan fingerprint density at radius 2 is 2.46 bits per heavy atom. The molecule has 0 unspecified atom stereocenters. The topological polar surface area (TPSA) is 42.0 Å². The van der Waals surface area contributed by atoms with Crippen molar-refractivity contribution in [3.05, 3.63) is 30.1 Å². The second-order valence-electron chi connectivity index (χ2n) is 3.23. The number of hydrogen-bond acceptors (Lipinski definition) is 2. The van der Waals surface area contributed by atoms with E-state index >= 15 is 0 Å². The molecule has 1 rings (SSSR count). The van der Waals surface area contributed by atoms with Crippen molar-refractivity contribution in [1.82, 2.24) is 10.3 Å². The molecule has 72 valence electrons. The van der Waals surface area contributed by atoms with Gasteiger partial charge >= 0.3 is 0 Å². The van der Waals surface area contributed by atoms with Gasteiger partial charge in [0, 0.05) is 26.3 Å². The molecule has 0 saturated carbocycles. The highest BCUT2D eigenvalue weighted by Gasteiger charge is 2.04. The maximum atomic E-state index is 11.2. The molecule has 0 saturated heterocycles. The summed E-state index contributed by atoms with van der Waals surface area (Å²) in [5.41, 5.74) is 1.02. The minimum absolute atomic E-state index is 0. The molecule has 13 heavy (non-hydrogen) atoms. The number of carbonyl (C=O) groups is 1. The molecule has 0 atom stereocenters. The minimum Gasteiger partial charge on any atom is -0.352 e. The third-order valence-electron chi connectivity index (χ3n) is 1.71. The summed E-state index contributed by atoms with van der Waals surface area (Å²) in [7, 11) is 0. The Morgan fingerprint density at radius 1 is 1.69 bits per heavy atom. The van der Waals surface area contributed by atoms with Crippen molar-refractivity contribution in [3.63, 3.8) is 0 Å². The molecule has 0 fully saturated rings. The molecular weight excluding hydrogens is 164 g/mol. The highest BCUT2D eigenvalue weighted by molar-refractivity contribution is 5.77. The van der Waals surface area contributed by atoms with Gasteiger partial charge in [-0.25, -0.2) is 0 Å². The zero-order valence-corrected chi connectivity index (χ0v) is 7.95. The van der Waals surface area contributed by atoms with Crippen LogP contribution in [0.4, 0.5) is 0 Å². The normalized spacial score (nSPS) is 10.1. The van der Waals surface area contributed by atoms with Crippen LogP contribution in [0.25, 0.3) is 0 Å². The molecule has 1 heterocycles. The Labute approximate surface area is 79.7 Å². The van der Waals surface area contributed by atoms with Crippen LogP contribution in [0, 0.1) is 5.92 Å². The Kier molecular flexibility index (Phi) is 3.43. The second kappa shape index (κ2) is 4.60. The molecule has 0 aliphatic rings. The Bertz CT molecular complexity index is 275. The fraction of sp³-hybridized carbons (Fsp3) is 0.400. The zero-order chi connectivity index (χ0) is 9.68. The fourth-order valence-corrected chi connectivity index (χ4v) is 0.896. The largest absolute Gasteiger partial charge is 0.352 e. The van der Waals surface area contributed by atoms with E-state index in [9.17, 15) is 4.79 Å². The van der Waals surface area contributed by atoms with Crippen LogP contribution in [0.5, 0.6) is 0 Å². The number of carbonyl (C=O) groups excluding carboxylic acids is 1. The van der Waals surface area contributed by atoms with Crippen molar-refractivity contribution in [1.29, 1.82) is 0 Å². The lowest BCUT2D eigenvalue weighted by Crippen LogP contribution is -2.27. The Hall–Kier alpha value is -1.38. The van der Waals surface area contributed by atoms with Crippen molar-refractivity contribution >= 4 is 5.91 Å². The van der Waals surface area contributed by atoms with Gasteiger partial charge in [-0.1, -0.05) is 19.9 Å². The van der Waals surface area contributed by atoms with E-state index in [0.29, 0.717) is 6.54 Å². The molecule has 1 amide bonds. The van der Waals surface area contributed by atoms with Crippen molar-refractivity contribution in [3.8, 4) is 0 Å². The first kappa shape index (κ1) is 9.71. The number of amides is 1. The van der Waals surface area contributed by atoms with Gasteiger partial charge in [-0.3, -0.25) is 9.78 Å². The summed E-state index contributed by atoms with van der Waals surface area (Å²) >= 11 is 0. The van der Waals surface area contributed by atoms with E-state index in [-0.39, 0.29) is 13.3 Å². The third kappa shape index (κ3) is 3.23. The molecule has 0 spiro atoms. The summed E-state index contributed by atoms with van der Waals surface area (Å²) in [6.07, 6.45) is 3.47. The fourth-order valence-electron chi connectivity index (χ4n) is 0.896. The number of nitrogens with one attached hydrogen (secondary N) is 1. The summed E-state index contributed by atoms with van der Waals surface area (Å²) in [6, 6.07) is 3.80. The van der Waals surface area contributed by atoms with Gasteiger partial charge < -0.3 is 5.32 Å². The zero-order valence-electron chi connectivity index (χ0n) is 7.95. The van der Waals surface area contributed by atoms with Crippen LogP contribution in [0.15, 0.2) is 24.5 Å². The van der Waals surface area contributed by atoms with Gasteiger partial charge in [0.1, 0.15) is 0 Å². The highest BCUT2D eigenvalue weighted by atomic mass is 16.1. The van der Waals surface area contributed by atoms with E-state index in [1.54, 1.807) is 12.4 Å². The molecule has 3 heteroatoms. The molecule has 0 aliphatic heterocycles. The van der Waals surface area contributed by atoms with E-state index < -0.39 is 0 Å². The molecule has 1 N–H and O–H groups in total. The maximum absolute atomic E-state index is 11.2. The highest BCUT2D eigenvalue weighted by Crippen LogP contribution is 1.96. The summed E-state index contributed by atoms with van der Waals surface area (Å²) in [4.78, 5) is 15.1. The quantitative estimate of drug-likeness (QED) is 0.767. The summed E-state index contributed by atoms with van der Waals surface area (Å²) in [6.45, 7) is 4.31. The van der Waals surface area contributed by atoms with Gasteiger partial charge in [-0.2, -0.15) is 0 Å². The summed E-state index contributed by atoms with van der Waals surface area (Å²) in [5, 5.41) is 2.82. The number of hydrogen-bond donors (Lipinski definition) is 1. The molecule has 0 bridgehead atoms. The van der Waals surface area contributed by atoms with E-state index in [4.69, 9.17) is 0 Å². The minimum atomic E-state index is 0. The lowest BCUT2D eigenvalue weighted by atomic mass is 10.2. The lowest BCUT2D eigenvalue weighted by molar-refractivity contribution is -0.124. The first-order chi connectivity index (χ1) is 6.20. The standard InChI is InChI=1S/C10H14N2O.H2/c1-8(2)10(13)12-7-9-4-3-5-11-6-9;/h3-6,8H,7H2,1-2H3,(H,12,13);1H. The Balaban J connectivity index is 0.00000169. The molecule has 3 nitrogen and oxygen atoms in total. The van der Waals surface area contributed by atoms with Gasteiger partial charge in [0.25, 0.3) is 0 Å². The Morgan fingerprint density at radius 3 is 3.00 bits per heavy atom. The van der Waals surface area contributed by atoms with E-state index in [2.05, 4.69) is 10.3 Å². The van der Waals surface area contributed by atoms with Crippen LogP contribution in [-0.2, 0) is 11.3 Å². The predicted molar refractivity (Wildman–Crippen MR) is 53.0 cm³/mol. The van der Waals surface area contributed by atoms with Crippen molar-refractivity contribution in [2.24, 2.45) is 5.92 Å². The summed E-state index contributed by atoms with van der Waals surface area (Å²) < 4.78 is 0. The predicted octanol–water partition coefficient (Wildman–Crippen LogP) is 1.60. The first-order valence-corrected chi connectivity index (χ1v) is 4.37. The van der Waals surface area contributed by atoms with Crippen LogP contribution >= 0.6 is 0 Å². The number of nitrogens with zero attached hydrogens (tertiary/aromatic N) is 1. The van der Waals surface area contributed by atoms with Crippen LogP contribution in [0.3, 0.4) is 0 Å². The average Bonchev–Trinajstić information content (AvgIpc) is 2.15. The van der Waals surface area contributed by atoms with Crippen LogP contribution in [-0.4, -0.2) is 10.9 Å². The van der Waals surface area contributed by atoms with Gasteiger partial charge in [0.15, 0.2) is 0 Å². The van der Waals surface area contributed by atoms with Crippen molar-refractivity contribution in [2.45, 2.75) is 20.4 Å². The third-order valence-corrected chi connectivity index (χ3v) is 1.71. The van der Waals surface area contributed by atoms with Gasteiger partial charge in [0.05, 0.1) is 0 Å². The number of aromatic nitrogens is 1. The SMILES string of the molecule is CC(C)C(=O)NCc1cccnc1.[HH]. The molecule has 0 aliphatic carbocycles. The van der Waals surface area contributed by atoms with E-state index in [0.717, 1.165) is 5.56 Å².